The molecule has 0 amide bonds. The van der Waals surface area contributed by atoms with Gasteiger partial charge >= 0.3 is 5.69 Å². The Labute approximate surface area is 127 Å². The van der Waals surface area contributed by atoms with Gasteiger partial charge in [-0.1, -0.05) is 24.2 Å². The first-order valence-corrected chi connectivity index (χ1v) is 9.18. The van der Waals surface area contributed by atoms with Crippen LogP contribution >= 0.6 is 11.3 Å². The second kappa shape index (κ2) is 6.29. The van der Waals surface area contributed by atoms with E-state index in [2.05, 4.69) is 10.0 Å². The molecule has 7 nitrogen and oxygen atoms in total. The summed E-state index contributed by atoms with van der Waals surface area (Å²) < 4.78 is 27.1. The van der Waals surface area contributed by atoms with Gasteiger partial charge in [0.25, 0.3) is 10.0 Å². The maximum absolute atomic E-state index is 12.3. The van der Waals surface area contributed by atoms with Gasteiger partial charge in [-0.15, -0.1) is 0 Å². The number of hydrogen-bond acceptors (Lipinski definition) is 6. The summed E-state index contributed by atoms with van der Waals surface area (Å²) >= 11 is 0.893. The third-order valence-corrected chi connectivity index (χ3v) is 6.37. The molecular weight excluding hydrogens is 314 g/mol. The van der Waals surface area contributed by atoms with E-state index >= 15 is 0 Å². The lowest BCUT2D eigenvalue weighted by atomic mass is 10.2. The average molecular weight is 333 g/mol. The highest BCUT2D eigenvalue weighted by Crippen LogP contribution is 2.37. The maximum atomic E-state index is 12.3. The van der Waals surface area contributed by atoms with Crippen molar-refractivity contribution in [2.24, 2.45) is 5.92 Å². The Hall–Kier alpha value is -1.19. The number of rotatable bonds is 8. The lowest BCUT2D eigenvalue weighted by molar-refractivity contribution is -0.383. The second-order valence-corrected chi connectivity index (χ2v) is 8.26. The highest BCUT2D eigenvalue weighted by Gasteiger charge is 2.29. The summed E-state index contributed by atoms with van der Waals surface area (Å²) in [5, 5.41) is 14.1. The summed E-state index contributed by atoms with van der Waals surface area (Å²) in [6, 6.07) is 0.959. The predicted molar refractivity (Wildman–Crippen MR) is 82.3 cm³/mol. The van der Waals surface area contributed by atoms with Crippen LogP contribution in [0.3, 0.4) is 0 Å². The van der Waals surface area contributed by atoms with Crippen LogP contribution in [0.5, 0.6) is 0 Å². The first kappa shape index (κ1) is 16.2. The minimum absolute atomic E-state index is 0.0206. The number of thiophene rings is 1. The summed E-state index contributed by atoms with van der Waals surface area (Å²) in [4.78, 5) is 10.4. The van der Waals surface area contributed by atoms with Gasteiger partial charge in [0.2, 0.25) is 0 Å². The zero-order valence-electron chi connectivity index (χ0n) is 12.0. The largest absolute Gasteiger partial charge is 0.372 e. The summed E-state index contributed by atoms with van der Waals surface area (Å²) in [5.41, 5.74) is -0.197. The molecule has 0 spiro atoms. The summed E-state index contributed by atoms with van der Waals surface area (Å²) in [7, 11) is -3.71. The second-order valence-electron chi connectivity index (χ2n) is 5.27. The van der Waals surface area contributed by atoms with Crippen molar-refractivity contribution in [1.29, 1.82) is 0 Å². The zero-order valence-corrected chi connectivity index (χ0v) is 13.6. The lowest BCUT2D eigenvalue weighted by Gasteiger charge is -2.12. The van der Waals surface area contributed by atoms with Gasteiger partial charge in [-0.3, -0.25) is 10.1 Å². The Morgan fingerprint density at radius 3 is 2.71 bits per heavy atom. The molecule has 0 saturated heterocycles. The van der Waals surface area contributed by atoms with E-state index < -0.39 is 14.9 Å². The van der Waals surface area contributed by atoms with Gasteiger partial charge in [-0.25, -0.2) is 13.1 Å². The van der Waals surface area contributed by atoms with E-state index in [1.54, 1.807) is 6.92 Å². The molecular formula is C12H19N3O4S2. The molecule has 0 radical (unpaired) electrons. The molecule has 1 aliphatic rings. The fraction of sp³-hybridized carbons (Fsp3) is 0.667. The van der Waals surface area contributed by atoms with Gasteiger partial charge in [0.15, 0.2) is 5.00 Å². The molecule has 118 valence electrons. The number of nitrogens with one attached hydrogen (secondary N) is 2. The van der Waals surface area contributed by atoms with Crippen molar-refractivity contribution < 1.29 is 13.3 Å². The van der Waals surface area contributed by atoms with E-state index in [4.69, 9.17) is 0 Å². The summed E-state index contributed by atoms with van der Waals surface area (Å²) in [6.45, 7) is 4.11. The van der Waals surface area contributed by atoms with Crippen LogP contribution < -0.4 is 10.0 Å². The van der Waals surface area contributed by atoms with Crippen LogP contribution in [0.4, 0.5) is 10.7 Å². The van der Waals surface area contributed by atoms with Crippen LogP contribution in [-0.4, -0.2) is 25.9 Å². The third-order valence-electron chi connectivity index (χ3n) is 3.23. The molecule has 9 heteroatoms. The number of nitro groups is 1. The average Bonchev–Trinajstić information content (AvgIpc) is 3.05. The van der Waals surface area contributed by atoms with Crippen molar-refractivity contribution in [3.05, 3.63) is 16.2 Å². The van der Waals surface area contributed by atoms with Crippen molar-refractivity contribution in [3.63, 3.8) is 0 Å². The van der Waals surface area contributed by atoms with Crippen LogP contribution in [0, 0.1) is 16.0 Å². The molecule has 1 unspecified atom stereocenters. The van der Waals surface area contributed by atoms with Crippen LogP contribution in [0.2, 0.25) is 0 Å². The molecule has 1 aliphatic carbocycles. The third kappa shape index (κ3) is 4.14. The summed E-state index contributed by atoms with van der Waals surface area (Å²) in [5.74, 6) is 0.609. The Bertz CT molecular complexity index is 622. The van der Waals surface area contributed by atoms with Crippen molar-refractivity contribution in [1.82, 2.24) is 4.72 Å². The first-order chi connectivity index (χ1) is 9.83. The molecule has 1 saturated carbocycles. The quantitative estimate of drug-likeness (QED) is 0.562. The van der Waals surface area contributed by atoms with Crippen molar-refractivity contribution in [2.45, 2.75) is 43.4 Å². The minimum atomic E-state index is -3.71. The van der Waals surface area contributed by atoms with Crippen molar-refractivity contribution in [2.75, 3.05) is 11.9 Å². The molecule has 0 aliphatic heterocycles. The Morgan fingerprint density at radius 1 is 1.52 bits per heavy atom. The standard InChI is InChI=1S/C12H19N3O4S2/c1-3-13-12-10(15(16)17)7-11(20-12)21(18,19)14-8(2)6-9-4-5-9/h7-9,13-14H,3-6H2,1-2H3. The number of nitrogens with zero attached hydrogens (tertiary/aromatic N) is 1. The van der Waals surface area contributed by atoms with Gasteiger partial charge in [-0.05, 0) is 26.2 Å². The van der Waals surface area contributed by atoms with E-state index in [-0.39, 0.29) is 20.9 Å². The highest BCUT2D eigenvalue weighted by molar-refractivity contribution is 7.91. The van der Waals surface area contributed by atoms with Crippen LogP contribution in [0.25, 0.3) is 0 Å². The molecule has 1 fully saturated rings. The van der Waals surface area contributed by atoms with Crippen LogP contribution in [0.15, 0.2) is 10.3 Å². The Morgan fingerprint density at radius 2 is 2.19 bits per heavy atom. The van der Waals surface area contributed by atoms with Crippen LogP contribution in [-0.2, 0) is 10.0 Å². The normalized spacial score (nSPS) is 16.7. The minimum Gasteiger partial charge on any atom is -0.372 e. The fourth-order valence-corrected chi connectivity index (χ4v) is 4.81. The number of hydrogen-bond donors (Lipinski definition) is 2. The molecule has 2 rings (SSSR count). The van der Waals surface area contributed by atoms with Crippen LogP contribution in [0.1, 0.15) is 33.1 Å². The maximum Gasteiger partial charge on any atom is 0.304 e. The fourth-order valence-electron chi connectivity index (χ4n) is 2.14. The Kier molecular flexibility index (Phi) is 4.84. The van der Waals surface area contributed by atoms with Crippen molar-refractivity contribution in [3.8, 4) is 0 Å². The molecule has 21 heavy (non-hydrogen) atoms. The molecule has 1 aromatic rings. The zero-order chi connectivity index (χ0) is 15.6. The van der Waals surface area contributed by atoms with Crippen molar-refractivity contribution >= 4 is 32.0 Å². The van der Waals surface area contributed by atoms with E-state index in [1.807, 2.05) is 6.92 Å². The van der Waals surface area contributed by atoms with Gasteiger partial charge in [0, 0.05) is 18.7 Å². The smallest absolute Gasteiger partial charge is 0.304 e. The molecule has 1 aromatic heterocycles. The predicted octanol–water partition coefficient (Wildman–Crippen LogP) is 2.56. The van der Waals surface area contributed by atoms with Gasteiger partial charge in [0.1, 0.15) is 4.21 Å². The highest BCUT2D eigenvalue weighted by atomic mass is 32.2. The van der Waals surface area contributed by atoms with E-state index in [0.29, 0.717) is 12.5 Å². The van der Waals surface area contributed by atoms with E-state index in [1.165, 1.54) is 0 Å². The number of anilines is 1. The molecule has 2 N–H and O–H groups in total. The van der Waals surface area contributed by atoms with Gasteiger partial charge in [0.05, 0.1) is 4.92 Å². The lowest BCUT2D eigenvalue weighted by Crippen LogP contribution is -2.32. The number of sulfonamides is 1. The molecule has 1 heterocycles. The van der Waals surface area contributed by atoms with E-state index in [9.17, 15) is 18.5 Å². The molecule has 1 atom stereocenters. The summed E-state index contributed by atoms with van der Waals surface area (Å²) in [6.07, 6.45) is 3.12. The monoisotopic (exact) mass is 333 g/mol. The molecule has 0 bridgehead atoms. The topological polar surface area (TPSA) is 101 Å². The van der Waals surface area contributed by atoms with Gasteiger partial charge in [-0.2, -0.15) is 0 Å². The first-order valence-electron chi connectivity index (χ1n) is 6.88. The Balaban J connectivity index is 2.18. The SMILES string of the molecule is CCNc1sc(S(=O)(=O)NC(C)CC2CC2)cc1[N+](=O)[O-]. The van der Waals surface area contributed by atoms with E-state index in [0.717, 1.165) is 36.7 Å². The van der Waals surface area contributed by atoms with Gasteiger partial charge < -0.3 is 5.32 Å². The molecule has 0 aromatic carbocycles.